The number of aromatic nitrogens is 1. The summed E-state index contributed by atoms with van der Waals surface area (Å²) in [7, 11) is 0. The molecular weight excluding hydrogens is 369 g/mol. The lowest BCUT2D eigenvalue weighted by atomic mass is 9.89. The van der Waals surface area contributed by atoms with E-state index in [4.69, 9.17) is 0 Å². The third-order valence-corrected chi connectivity index (χ3v) is 4.70. The number of amides is 1. The molecule has 1 aliphatic heterocycles. The van der Waals surface area contributed by atoms with Crippen molar-refractivity contribution in [2.75, 3.05) is 13.1 Å². The molecule has 4 nitrogen and oxygen atoms in total. The summed E-state index contributed by atoms with van der Waals surface area (Å²) in [5, 5.41) is 0. The lowest BCUT2D eigenvalue weighted by Crippen LogP contribution is -2.41. The normalized spacial score (nSPS) is 17.7. The minimum absolute atomic E-state index is 0.0291. The third kappa shape index (κ3) is 4.85. The topological polar surface area (TPSA) is 50.3 Å². The summed E-state index contributed by atoms with van der Waals surface area (Å²) in [5.41, 5.74) is 0.0146. The Bertz CT molecular complexity index is 879. The molecule has 1 atom stereocenters. The van der Waals surface area contributed by atoms with E-state index in [1.165, 1.54) is 18.2 Å². The lowest BCUT2D eigenvalue weighted by Gasteiger charge is -2.31. The van der Waals surface area contributed by atoms with Crippen LogP contribution in [0.25, 0.3) is 6.08 Å². The SMILES string of the molecule is O=C(c1cccc(C(F)(F)F)c1)C1CCCN(C(=O)/C=C/c2ccncc2)C1. The van der Waals surface area contributed by atoms with Crippen molar-refractivity contribution >= 4 is 17.8 Å². The van der Waals surface area contributed by atoms with Crippen LogP contribution in [0.5, 0.6) is 0 Å². The number of Topliss-reactive ketones (excluding diaryl/α,β-unsaturated/α-hetero) is 1. The number of hydrogen-bond donors (Lipinski definition) is 0. The van der Waals surface area contributed by atoms with Crippen molar-refractivity contribution in [3.8, 4) is 0 Å². The number of benzene rings is 1. The molecule has 0 aliphatic carbocycles. The number of piperidine rings is 1. The van der Waals surface area contributed by atoms with Crippen LogP contribution in [0.15, 0.2) is 54.9 Å². The maximum absolute atomic E-state index is 12.9. The minimum Gasteiger partial charge on any atom is -0.338 e. The smallest absolute Gasteiger partial charge is 0.338 e. The van der Waals surface area contributed by atoms with Crippen LogP contribution in [-0.4, -0.2) is 34.7 Å². The van der Waals surface area contributed by atoms with Gasteiger partial charge in [-0.05, 0) is 48.7 Å². The summed E-state index contributed by atoms with van der Waals surface area (Å²) in [6, 6.07) is 7.98. The second-order valence-corrected chi connectivity index (χ2v) is 6.68. The summed E-state index contributed by atoms with van der Waals surface area (Å²) < 4.78 is 38.7. The van der Waals surface area contributed by atoms with Gasteiger partial charge in [0.2, 0.25) is 5.91 Å². The highest BCUT2D eigenvalue weighted by Gasteiger charge is 2.33. The number of ketones is 1. The second-order valence-electron chi connectivity index (χ2n) is 6.68. The van der Waals surface area contributed by atoms with Gasteiger partial charge in [0.1, 0.15) is 0 Å². The first-order valence-electron chi connectivity index (χ1n) is 8.93. The fourth-order valence-electron chi connectivity index (χ4n) is 3.22. The van der Waals surface area contributed by atoms with Gasteiger partial charge in [-0.2, -0.15) is 13.2 Å². The van der Waals surface area contributed by atoms with E-state index in [0.717, 1.165) is 17.7 Å². The minimum atomic E-state index is -4.50. The first kappa shape index (κ1) is 19.8. The first-order chi connectivity index (χ1) is 13.3. The van der Waals surface area contributed by atoms with Crippen LogP contribution in [0.4, 0.5) is 13.2 Å². The first-order valence-corrected chi connectivity index (χ1v) is 8.93. The molecule has 3 rings (SSSR count). The molecule has 1 aromatic heterocycles. The number of alkyl halides is 3. The Balaban J connectivity index is 1.68. The highest BCUT2D eigenvalue weighted by molar-refractivity contribution is 5.99. The molecule has 1 aromatic carbocycles. The Morgan fingerprint density at radius 1 is 1.14 bits per heavy atom. The summed E-state index contributed by atoms with van der Waals surface area (Å²) in [6.45, 7) is 0.723. The van der Waals surface area contributed by atoms with Crippen LogP contribution in [0.1, 0.15) is 34.3 Å². The van der Waals surface area contributed by atoms with Gasteiger partial charge in [-0.1, -0.05) is 12.1 Å². The van der Waals surface area contributed by atoms with Crippen molar-refractivity contribution in [1.29, 1.82) is 0 Å². The fraction of sp³-hybridized carbons (Fsp3) is 0.286. The number of hydrogen-bond acceptors (Lipinski definition) is 3. The second kappa shape index (κ2) is 8.37. The van der Waals surface area contributed by atoms with E-state index in [1.807, 2.05) is 0 Å². The van der Waals surface area contributed by atoms with E-state index in [2.05, 4.69) is 4.98 Å². The number of carbonyl (C=O) groups excluding carboxylic acids is 2. The quantitative estimate of drug-likeness (QED) is 0.582. The number of rotatable bonds is 4. The van der Waals surface area contributed by atoms with Gasteiger partial charge in [-0.25, -0.2) is 0 Å². The Morgan fingerprint density at radius 3 is 2.61 bits per heavy atom. The van der Waals surface area contributed by atoms with E-state index in [-0.39, 0.29) is 23.8 Å². The molecule has 1 saturated heterocycles. The fourth-order valence-corrected chi connectivity index (χ4v) is 3.22. The summed E-state index contributed by atoms with van der Waals surface area (Å²) in [6.07, 6.45) is 3.03. The number of pyridine rings is 1. The van der Waals surface area contributed by atoms with Crippen LogP contribution >= 0.6 is 0 Å². The van der Waals surface area contributed by atoms with E-state index >= 15 is 0 Å². The average molecular weight is 388 g/mol. The van der Waals surface area contributed by atoms with Gasteiger partial charge in [0.15, 0.2) is 5.78 Å². The van der Waals surface area contributed by atoms with Crippen LogP contribution < -0.4 is 0 Å². The standard InChI is InChI=1S/C21H19F3N2O2/c22-21(23,24)18-5-1-3-16(13-18)20(28)17-4-2-12-26(14-17)19(27)7-6-15-8-10-25-11-9-15/h1,3,5-11,13,17H,2,4,12,14H2/b7-6+. The summed E-state index contributed by atoms with van der Waals surface area (Å²) in [4.78, 5) is 30.6. The summed E-state index contributed by atoms with van der Waals surface area (Å²) in [5.74, 6) is -1.09. The van der Waals surface area contributed by atoms with Crippen LogP contribution in [0.3, 0.4) is 0 Å². The lowest BCUT2D eigenvalue weighted by molar-refractivity contribution is -0.137. The molecule has 146 valence electrons. The monoisotopic (exact) mass is 388 g/mol. The molecule has 0 N–H and O–H groups in total. The Morgan fingerprint density at radius 2 is 1.89 bits per heavy atom. The molecule has 1 fully saturated rings. The van der Waals surface area contributed by atoms with Crippen molar-refractivity contribution in [2.45, 2.75) is 19.0 Å². The third-order valence-electron chi connectivity index (χ3n) is 4.70. The molecule has 7 heteroatoms. The average Bonchev–Trinajstić information content (AvgIpc) is 2.72. The van der Waals surface area contributed by atoms with Crippen LogP contribution in [0, 0.1) is 5.92 Å². The molecular formula is C21H19F3N2O2. The predicted octanol–water partition coefficient (Wildman–Crippen LogP) is 4.24. The molecule has 0 saturated carbocycles. The van der Waals surface area contributed by atoms with E-state index in [9.17, 15) is 22.8 Å². The van der Waals surface area contributed by atoms with Gasteiger partial charge in [0.05, 0.1) is 5.56 Å². The largest absolute Gasteiger partial charge is 0.416 e. The van der Waals surface area contributed by atoms with Crippen molar-refractivity contribution in [3.63, 3.8) is 0 Å². The van der Waals surface area contributed by atoms with Crippen molar-refractivity contribution in [3.05, 3.63) is 71.6 Å². The molecule has 28 heavy (non-hydrogen) atoms. The van der Waals surface area contributed by atoms with E-state index in [1.54, 1.807) is 35.5 Å². The van der Waals surface area contributed by atoms with Crippen molar-refractivity contribution in [2.24, 2.45) is 5.92 Å². The van der Waals surface area contributed by atoms with Gasteiger partial charge in [-0.15, -0.1) is 0 Å². The molecule has 0 bridgehead atoms. The van der Waals surface area contributed by atoms with Gasteiger partial charge < -0.3 is 4.90 Å². The molecule has 1 aliphatic rings. The number of carbonyl (C=O) groups is 2. The maximum Gasteiger partial charge on any atom is 0.416 e. The molecule has 2 aromatic rings. The van der Waals surface area contributed by atoms with Crippen molar-refractivity contribution in [1.82, 2.24) is 9.88 Å². The highest BCUT2D eigenvalue weighted by Crippen LogP contribution is 2.30. The zero-order chi connectivity index (χ0) is 20.1. The molecule has 2 heterocycles. The molecule has 0 radical (unpaired) electrons. The highest BCUT2D eigenvalue weighted by atomic mass is 19.4. The van der Waals surface area contributed by atoms with E-state index in [0.29, 0.717) is 19.4 Å². The molecule has 0 spiro atoms. The number of halogens is 3. The predicted molar refractivity (Wildman–Crippen MR) is 98.3 cm³/mol. The van der Waals surface area contributed by atoms with Gasteiger partial charge in [0.25, 0.3) is 0 Å². The van der Waals surface area contributed by atoms with Gasteiger partial charge in [0, 0.05) is 43.0 Å². The zero-order valence-corrected chi connectivity index (χ0v) is 15.0. The van der Waals surface area contributed by atoms with Crippen LogP contribution in [0.2, 0.25) is 0 Å². The van der Waals surface area contributed by atoms with Crippen LogP contribution in [-0.2, 0) is 11.0 Å². The van der Waals surface area contributed by atoms with E-state index < -0.39 is 17.7 Å². The summed E-state index contributed by atoms with van der Waals surface area (Å²) >= 11 is 0. The molecule has 1 amide bonds. The number of likely N-dealkylation sites (tertiary alicyclic amines) is 1. The zero-order valence-electron chi connectivity index (χ0n) is 15.0. The Labute approximate surface area is 160 Å². The Hall–Kier alpha value is -2.96. The maximum atomic E-state index is 12.9. The van der Waals surface area contributed by atoms with Crippen molar-refractivity contribution < 1.29 is 22.8 Å². The molecule has 1 unspecified atom stereocenters. The Kier molecular flexibility index (Phi) is 5.92. The number of nitrogens with zero attached hydrogens (tertiary/aromatic N) is 2. The van der Waals surface area contributed by atoms with Gasteiger partial charge >= 0.3 is 6.18 Å². The van der Waals surface area contributed by atoms with Gasteiger partial charge in [-0.3, -0.25) is 14.6 Å².